The zero-order valence-electron chi connectivity index (χ0n) is 18.9. The highest BCUT2D eigenvalue weighted by Crippen LogP contribution is 2.27. The van der Waals surface area contributed by atoms with E-state index in [9.17, 15) is 14.7 Å². The predicted molar refractivity (Wildman–Crippen MR) is 85.5 cm³/mol. The van der Waals surface area contributed by atoms with E-state index in [0.717, 1.165) is 0 Å². The Balaban J connectivity index is 2.75. The van der Waals surface area contributed by atoms with Crippen molar-refractivity contribution in [3.8, 4) is 0 Å². The molecule has 0 unspecified atom stereocenters. The van der Waals surface area contributed by atoms with Crippen molar-refractivity contribution in [1.29, 1.82) is 0 Å². The molecule has 3 rings (SSSR count). The van der Waals surface area contributed by atoms with E-state index in [2.05, 4.69) is 0 Å². The average molecular weight is 303 g/mol. The quantitative estimate of drug-likeness (QED) is 0.736. The molecule has 0 saturated heterocycles. The van der Waals surface area contributed by atoms with Gasteiger partial charge in [0, 0.05) is 9.68 Å². The van der Waals surface area contributed by atoms with Crippen LogP contribution in [0.25, 0.3) is 21.9 Å². The van der Waals surface area contributed by atoms with Gasteiger partial charge >= 0.3 is 5.97 Å². The van der Waals surface area contributed by atoms with Crippen LogP contribution in [-0.2, 0) is 11.2 Å². The Morgan fingerprint density at radius 1 is 1.18 bits per heavy atom. The molecule has 0 saturated carbocycles. The number of benzene rings is 2. The molecule has 0 aliphatic carbocycles. The predicted octanol–water partition coefficient (Wildman–Crippen LogP) is 3.50. The summed E-state index contributed by atoms with van der Waals surface area (Å²) in [6, 6.07) is -1.87. The van der Waals surface area contributed by atoms with Crippen LogP contribution in [0.5, 0.6) is 0 Å². The van der Waals surface area contributed by atoms with E-state index in [1.165, 1.54) is 13.8 Å². The maximum absolute atomic E-state index is 13.2. The summed E-state index contributed by atoms with van der Waals surface area (Å²) in [5.74, 6) is -1.26. The minimum atomic E-state index is -2.77. The third-order valence-corrected chi connectivity index (χ3v) is 3.52. The molecule has 0 spiro atoms. The van der Waals surface area contributed by atoms with Gasteiger partial charge in [-0.05, 0) is 49.5 Å². The molecule has 0 radical (unpaired) electrons. The Hall–Kier alpha value is -2.62. The second-order valence-corrected chi connectivity index (χ2v) is 5.01. The van der Waals surface area contributed by atoms with Gasteiger partial charge in [0.1, 0.15) is 11.2 Å². The molecule has 1 N–H and O–H groups in total. The number of aryl methyl sites for hydroxylation is 1. The zero-order valence-corrected chi connectivity index (χ0v) is 11.9. The van der Waals surface area contributed by atoms with Gasteiger partial charge < -0.3 is 9.52 Å². The van der Waals surface area contributed by atoms with Crippen LogP contribution >= 0.6 is 0 Å². The van der Waals surface area contributed by atoms with Crippen LogP contribution in [0, 0.1) is 20.7 Å². The van der Waals surface area contributed by atoms with Crippen LogP contribution in [0.4, 0.5) is 0 Å². The van der Waals surface area contributed by atoms with Crippen molar-refractivity contribution in [1.82, 2.24) is 0 Å². The Bertz CT molecular complexity index is 1270. The summed E-state index contributed by atoms with van der Waals surface area (Å²) < 4.78 is 61.5. The van der Waals surface area contributed by atoms with E-state index < -0.39 is 64.7 Å². The molecule has 3 aromatic rings. The summed E-state index contributed by atoms with van der Waals surface area (Å²) in [5.41, 5.74) is -1.99. The standard InChI is InChI=1S/C18H16O4/c1-9-4-6-12-16(21)13-7-5-10(2)14(8-15(19)20)18(13)22-17(12)11(9)3/h4-7H,8H2,1-3H3,(H,19,20)/i3D3,4D,5D,6D,7D. The molecule has 1 aromatic heterocycles. The minimum absolute atomic E-state index is 0.0110. The van der Waals surface area contributed by atoms with E-state index in [-0.39, 0.29) is 28.3 Å². The Labute approximate surface area is 136 Å². The van der Waals surface area contributed by atoms with E-state index in [4.69, 9.17) is 14.0 Å². The number of rotatable bonds is 2. The number of fused-ring (bicyclic) bond motifs is 2. The first-order valence-corrected chi connectivity index (χ1v) is 6.50. The molecule has 0 aliphatic heterocycles. The molecule has 0 fully saturated rings. The third-order valence-electron chi connectivity index (χ3n) is 3.52. The van der Waals surface area contributed by atoms with Crippen molar-refractivity contribution < 1.29 is 23.9 Å². The Morgan fingerprint density at radius 2 is 1.82 bits per heavy atom. The Morgan fingerprint density at radius 3 is 2.45 bits per heavy atom. The van der Waals surface area contributed by atoms with Crippen molar-refractivity contribution in [3.05, 3.63) is 56.6 Å². The fourth-order valence-electron chi connectivity index (χ4n) is 2.31. The van der Waals surface area contributed by atoms with Crippen molar-refractivity contribution in [2.45, 2.75) is 27.1 Å². The molecule has 0 aliphatic rings. The van der Waals surface area contributed by atoms with Gasteiger partial charge in [-0.25, -0.2) is 0 Å². The van der Waals surface area contributed by atoms with Crippen LogP contribution < -0.4 is 5.43 Å². The molecule has 112 valence electrons. The first-order chi connectivity index (χ1) is 13.3. The first-order valence-electron chi connectivity index (χ1n) is 10.00. The molecule has 0 amide bonds. The fraction of sp³-hybridized carbons (Fsp3) is 0.222. The SMILES string of the molecule is [2H]c1c(C)c(CC(=O)O)c2oc3c(C([2H])([2H])[2H])c(C)c([2H])c([2H])c3c(=O)c2c1[2H]. The maximum Gasteiger partial charge on any atom is 0.307 e. The number of hydrogen-bond acceptors (Lipinski definition) is 3. The summed E-state index contributed by atoms with van der Waals surface area (Å²) in [6.07, 6.45) is -0.602. The van der Waals surface area contributed by atoms with Crippen molar-refractivity contribution in [3.63, 3.8) is 0 Å². The highest BCUT2D eigenvalue weighted by Gasteiger charge is 2.16. The molecular weight excluding hydrogens is 280 g/mol. The van der Waals surface area contributed by atoms with Crippen LogP contribution in [0.2, 0.25) is 0 Å². The van der Waals surface area contributed by atoms with Gasteiger partial charge in [0.15, 0.2) is 0 Å². The number of carboxylic acids is 1. The van der Waals surface area contributed by atoms with Crippen molar-refractivity contribution >= 4 is 27.9 Å². The van der Waals surface area contributed by atoms with Crippen LogP contribution in [-0.4, -0.2) is 11.1 Å². The summed E-state index contributed by atoms with van der Waals surface area (Å²) in [7, 11) is 0. The van der Waals surface area contributed by atoms with Gasteiger partial charge in [0.2, 0.25) is 5.43 Å². The van der Waals surface area contributed by atoms with Crippen molar-refractivity contribution in [2.75, 3.05) is 0 Å². The summed E-state index contributed by atoms with van der Waals surface area (Å²) >= 11 is 0. The lowest BCUT2D eigenvalue weighted by Crippen LogP contribution is -2.08. The molecule has 4 heteroatoms. The Kier molecular flexibility index (Phi) is 1.84. The summed E-state index contributed by atoms with van der Waals surface area (Å²) in [6.45, 7) is -0.0183. The minimum Gasteiger partial charge on any atom is -0.481 e. The molecular formula is C18H16O4. The van der Waals surface area contributed by atoms with E-state index in [1.54, 1.807) is 0 Å². The van der Waals surface area contributed by atoms with Gasteiger partial charge in [0.25, 0.3) is 0 Å². The zero-order chi connectivity index (χ0) is 22.0. The molecule has 0 bridgehead atoms. The number of carboxylic acid groups (broad SMARTS) is 1. The van der Waals surface area contributed by atoms with Gasteiger partial charge in [-0.2, -0.15) is 0 Å². The van der Waals surface area contributed by atoms with Gasteiger partial charge in [-0.3, -0.25) is 9.59 Å². The van der Waals surface area contributed by atoms with Gasteiger partial charge in [-0.1, -0.05) is 12.1 Å². The highest BCUT2D eigenvalue weighted by atomic mass is 16.4. The molecule has 22 heavy (non-hydrogen) atoms. The second-order valence-electron chi connectivity index (χ2n) is 5.01. The highest BCUT2D eigenvalue weighted by molar-refractivity contribution is 5.94. The number of hydrogen-bond donors (Lipinski definition) is 1. The van der Waals surface area contributed by atoms with Crippen LogP contribution in [0.15, 0.2) is 33.4 Å². The molecule has 1 heterocycles. The van der Waals surface area contributed by atoms with E-state index >= 15 is 0 Å². The lowest BCUT2D eigenvalue weighted by molar-refractivity contribution is -0.136. The first kappa shape index (κ1) is 8.13. The third kappa shape index (κ3) is 2.08. The van der Waals surface area contributed by atoms with Gasteiger partial charge in [-0.15, -0.1) is 0 Å². The van der Waals surface area contributed by atoms with Crippen molar-refractivity contribution in [2.24, 2.45) is 0 Å². The second kappa shape index (κ2) is 4.98. The topological polar surface area (TPSA) is 67.5 Å². The fourth-order valence-corrected chi connectivity index (χ4v) is 2.31. The number of carbonyl (C=O) groups is 1. The summed E-state index contributed by atoms with van der Waals surface area (Å²) in [4.78, 5) is 24.5. The monoisotopic (exact) mass is 303 g/mol. The van der Waals surface area contributed by atoms with E-state index in [0.29, 0.717) is 0 Å². The smallest absolute Gasteiger partial charge is 0.307 e. The number of aliphatic carboxylic acids is 1. The lowest BCUT2D eigenvalue weighted by atomic mass is 9.99. The van der Waals surface area contributed by atoms with E-state index in [1.807, 2.05) is 0 Å². The maximum atomic E-state index is 13.2. The lowest BCUT2D eigenvalue weighted by Gasteiger charge is -2.10. The average Bonchev–Trinajstić information content (AvgIpc) is 2.59. The molecule has 0 atom stereocenters. The van der Waals surface area contributed by atoms with Crippen LogP contribution in [0.3, 0.4) is 0 Å². The van der Waals surface area contributed by atoms with Gasteiger partial charge in [0.05, 0.1) is 22.7 Å². The van der Waals surface area contributed by atoms with Crippen LogP contribution in [0.1, 0.15) is 31.8 Å². The summed E-state index contributed by atoms with van der Waals surface area (Å²) in [5, 5.41) is 8.35. The largest absolute Gasteiger partial charge is 0.481 e. The molecule has 2 aromatic carbocycles. The molecule has 4 nitrogen and oxygen atoms in total. The normalized spacial score (nSPS) is 16.4.